The number of hydrogen-bond donors (Lipinski definition) is 1. The fraction of sp³-hybridized carbons (Fsp3) is 0.200. The maximum atomic E-state index is 13.0. The molecule has 0 unspecified atom stereocenters. The minimum Gasteiger partial charge on any atom is -0.435 e. The van der Waals surface area contributed by atoms with E-state index in [-0.39, 0.29) is 24.1 Å². The van der Waals surface area contributed by atoms with E-state index in [1.807, 2.05) is 18.2 Å². The summed E-state index contributed by atoms with van der Waals surface area (Å²) in [5, 5.41) is 10.5. The zero-order valence-corrected chi connectivity index (χ0v) is 15.7. The van der Waals surface area contributed by atoms with Gasteiger partial charge in [-0.15, -0.1) is 10.2 Å². The van der Waals surface area contributed by atoms with Crippen LogP contribution in [0.4, 0.5) is 13.6 Å². The molecule has 2 aromatic carbocycles. The highest BCUT2D eigenvalue weighted by Crippen LogP contribution is 2.31. The zero-order valence-electron chi connectivity index (χ0n) is 15.7. The van der Waals surface area contributed by atoms with Crippen LogP contribution in [-0.2, 0) is 16.9 Å². The van der Waals surface area contributed by atoms with E-state index in [1.54, 1.807) is 12.1 Å². The van der Waals surface area contributed by atoms with Crippen LogP contribution in [0.2, 0.25) is 0 Å². The lowest BCUT2D eigenvalue weighted by Gasteiger charge is -2.22. The third kappa shape index (κ3) is 3.59. The average molecular weight is 414 g/mol. The fourth-order valence-corrected chi connectivity index (χ4v) is 3.16. The van der Waals surface area contributed by atoms with Crippen LogP contribution in [0.3, 0.4) is 0 Å². The van der Waals surface area contributed by atoms with Crippen molar-refractivity contribution in [2.45, 2.75) is 25.6 Å². The third-order valence-electron chi connectivity index (χ3n) is 4.71. The summed E-state index contributed by atoms with van der Waals surface area (Å²) in [4.78, 5) is 26.4. The Labute approximate surface area is 169 Å². The molecule has 1 aliphatic rings. The van der Waals surface area contributed by atoms with Gasteiger partial charge in [-0.2, -0.15) is 8.78 Å². The molecule has 1 aromatic heterocycles. The summed E-state index contributed by atoms with van der Waals surface area (Å²) in [6, 6.07) is 13.9. The van der Waals surface area contributed by atoms with Crippen LogP contribution in [-0.4, -0.2) is 33.6 Å². The molecule has 1 saturated heterocycles. The van der Waals surface area contributed by atoms with Crippen molar-refractivity contribution in [3.05, 3.63) is 66.1 Å². The van der Waals surface area contributed by atoms with E-state index < -0.39 is 24.1 Å². The molecule has 3 amide bonds. The Kier molecular flexibility index (Phi) is 4.90. The van der Waals surface area contributed by atoms with Crippen LogP contribution in [0.15, 0.2) is 59.0 Å². The summed E-state index contributed by atoms with van der Waals surface area (Å²) in [5.74, 6) is -0.211. The third-order valence-corrected chi connectivity index (χ3v) is 4.71. The molecule has 0 spiro atoms. The predicted molar refractivity (Wildman–Crippen MR) is 99.2 cm³/mol. The first-order valence-electron chi connectivity index (χ1n) is 8.94. The number of rotatable bonds is 6. The number of amides is 3. The highest BCUT2D eigenvalue weighted by atomic mass is 19.3. The number of halogens is 2. The lowest BCUT2D eigenvalue weighted by molar-refractivity contribution is -0.131. The van der Waals surface area contributed by atoms with Gasteiger partial charge in [0.1, 0.15) is 17.8 Å². The summed E-state index contributed by atoms with van der Waals surface area (Å²) in [5.41, 5.74) is -0.243. The van der Waals surface area contributed by atoms with Gasteiger partial charge >= 0.3 is 12.6 Å². The Morgan fingerprint density at radius 3 is 2.47 bits per heavy atom. The van der Waals surface area contributed by atoms with Crippen LogP contribution in [0.5, 0.6) is 5.75 Å². The molecular weight excluding hydrogens is 398 g/mol. The second kappa shape index (κ2) is 7.54. The second-order valence-corrected chi connectivity index (χ2v) is 6.72. The summed E-state index contributed by atoms with van der Waals surface area (Å²) in [7, 11) is 0. The minimum absolute atomic E-state index is 0.0507. The van der Waals surface area contributed by atoms with E-state index >= 15 is 0 Å². The van der Waals surface area contributed by atoms with Gasteiger partial charge in [0.25, 0.3) is 5.91 Å². The lowest BCUT2D eigenvalue weighted by atomic mass is 9.92. The molecular formula is C20H16F2N4O4. The first kappa shape index (κ1) is 19.5. The Morgan fingerprint density at radius 2 is 1.80 bits per heavy atom. The SMILES string of the molecule is C[C@]1(c2ccc(OC(F)F)cc2)NC(=O)N(Cc2nnc(-c3ccccc3)o2)C1=O. The van der Waals surface area contributed by atoms with Gasteiger partial charge in [-0.25, -0.2) is 4.79 Å². The van der Waals surface area contributed by atoms with Crippen molar-refractivity contribution in [2.24, 2.45) is 0 Å². The molecule has 2 heterocycles. The Morgan fingerprint density at radius 1 is 1.10 bits per heavy atom. The molecule has 1 atom stereocenters. The molecule has 0 aliphatic carbocycles. The predicted octanol–water partition coefficient (Wildman–Crippen LogP) is 3.31. The van der Waals surface area contributed by atoms with Gasteiger partial charge in [0.2, 0.25) is 11.8 Å². The average Bonchev–Trinajstić information content (AvgIpc) is 3.28. The molecule has 8 nitrogen and oxygen atoms in total. The van der Waals surface area contributed by atoms with Crippen molar-refractivity contribution >= 4 is 11.9 Å². The van der Waals surface area contributed by atoms with Crippen LogP contribution < -0.4 is 10.1 Å². The van der Waals surface area contributed by atoms with E-state index in [0.717, 1.165) is 4.90 Å². The topological polar surface area (TPSA) is 97.6 Å². The molecule has 10 heteroatoms. The highest BCUT2D eigenvalue weighted by Gasteiger charge is 2.49. The summed E-state index contributed by atoms with van der Waals surface area (Å²) in [6.07, 6.45) is 0. The number of ether oxygens (including phenoxy) is 1. The van der Waals surface area contributed by atoms with Crippen molar-refractivity contribution in [3.63, 3.8) is 0 Å². The van der Waals surface area contributed by atoms with Crippen LogP contribution in [0.25, 0.3) is 11.5 Å². The molecule has 154 valence electrons. The molecule has 1 N–H and O–H groups in total. The van der Waals surface area contributed by atoms with E-state index in [0.29, 0.717) is 11.1 Å². The molecule has 0 saturated carbocycles. The van der Waals surface area contributed by atoms with Gasteiger partial charge in [-0.3, -0.25) is 9.69 Å². The highest BCUT2D eigenvalue weighted by molar-refractivity contribution is 6.07. The number of imide groups is 1. The van der Waals surface area contributed by atoms with Gasteiger partial charge in [0.15, 0.2) is 0 Å². The van der Waals surface area contributed by atoms with E-state index in [1.165, 1.54) is 31.2 Å². The fourth-order valence-electron chi connectivity index (χ4n) is 3.16. The van der Waals surface area contributed by atoms with Crippen LogP contribution in [0.1, 0.15) is 18.4 Å². The first-order chi connectivity index (χ1) is 14.4. The number of nitrogens with zero attached hydrogens (tertiary/aromatic N) is 3. The Hall–Kier alpha value is -3.82. The number of carbonyl (C=O) groups excluding carboxylic acids is 2. The maximum Gasteiger partial charge on any atom is 0.387 e. The van der Waals surface area contributed by atoms with Gasteiger partial charge < -0.3 is 14.5 Å². The summed E-state index contributed by atoms with van der Waals surface area (Å²) < 4.78 is 34.5. The van der Waals surface area contributed by atoms with Crippen molar-refractivity contribution in [3.8, 4) is 17.2 Å². The maximum absolute atomic E-state index is 13.0. The number of alkyl halides is 2. The second-order valence-electron chi connectivity index (χ2n) is 6.72. The molecule has 0 radical (unpaired) electrons. The number of aromatic nitrogens is 2. The van der Waals surface area contributed by atoms with Crippen molar-refractivity contribution < 1.29 is 27.5 Å². The number of benzene rings is 2. The summed E-state index contributed by atoms with van der Waals surface area (Å²) >= 11 is 0. The van der Waals surface area contributed by atoms with E-state index in [9.17, 15) is 18.4 Å². The molecule has 4 rings (SSSR count). The van der Waals surface area contributed by atoms with E-state index in [4.69, 9.17) is 4.42 Å². The number of carbonyl (C=O) groups is 2. The standard InChI is InChI=1S/C20H16F2N4O4/c1-20(13-7-9-14(10-8-13)29-18(21)22)17(27)26(19(28)23-20)11-15-24-25-16(30-15)12-5-3-2-4-6-12/h2-10,18H,11H2,1H3,(H,23,28)/t20-/m1/s1. The largest absolute Gasteiger partial charge is 0.435 e. The van der Waals surface area contributed by atoms with Gasteiger partial charge in [-0.1, -0.05) is 30.3 Å². The van der Waals surface area contributed by atoms with Crippen LogP contribution in [0, 0.1) is 0 Å². The van der Waals surface area contributed by atoms with Gasteiger partial charge in [0, 0.05) is 5.56 Å². The van der Waals surface area contributed by atoms with Gasteiger partial charge in [-0.05, 0) is 36.8 Å². The summed E-state index contributed by atoms with van der Waals surface area (Å²) in [6.45, 7) is -1.63. The van der Waals surface area contributed by atoms with Crippen molar-refractivity contribution in [1.82, 2.24) is 20.4 Å². The number of nitrogens with one attached hydrogen (secondary N) is 1. The van der Waals surface area contributed by atoms with Crippen LogP contribution >= 0.6 is 0 Å². The molecule has 1 aliphatic heterocycles. The number of urea groups is 1. The molecule has 3 aromatic rings. The van der Waals surface area contributed by atoms with Crippen molar-refractivity contribution in [2.75, 3.05) is 0 Å². The molecule has 1 fully saturated rings. The van der Waals surface area contributed by atoms with Gasteiger partial charge in [0.05, 0.1) is 0 Å². The van der Waals surface area contributed by atoms with E-state index in [2.05, 4.69) is 20.3 Å². The first-order valence-corrected chi connectivity index (χ1v) is 8.94. The number of hydrogen-bond acceptors (Lipinski definition) is 6. The molecule has 30 heavy (non-hydrogen) atoms. The quantitative estimate of drug-likeness (QED) is 0.622. The normalized spacial score (nSPS) is 18.7. The monoisotopic (exact) mass is 414 g/mol. The lowest BCUT2D eigenvalue weighted by Crippen LogP contribution is -2.40. The minimum atomic E-state index is -2.95. The Balaban J connectivity index is 1.52. The Bertz CT molecular complexity index is 1070. The smallest absolute Gasteiger partial charge is 0.387 e. The van der Waals surface area contributed by atoms with Crippen molar-refractivity contribution in [1.29, 1.82) is 0 Å². The molecule has 0 bridgehead atoms. The zero-order chi connectivity index (χ0) is 21.3.